The van der Waals surface area contributed by atoms with E-state index in [4.69, 9.17) is 0 Å². The van der Waals surface area contributed by atoms with E-state index in [1.54, 1.807) is 0 Å². The number of nitrogens with one attached hydrogen (secondary N) is 1. The van der Waals surface area contributed by atoms with E-state index in [9.17, 15) is 14.7 Å². The molecule has 0 radical (unpaired) electrons. The molecule has 1 unspecified atom stereocenters. The summed E-state index contributed by atoms with van der Waals surface area (Å²) in [5, 5.41) is 12.7. The molecule has 112 valence electrons. The highest BCUT2D eigenvalue weighted by Gasteiger charge is 2.37. The average Bonchev–Trinajstić information content (AvgIpc) is 2.53. The van der Waals surface area contributed by atoms with E-state index >= 15 is 0 Å². The lowest BCUT2D eigenvalue weighted by Gasteiger charge is -2.37. The van der Waals surface area contributed by atoms with Crippen LogP contribution in [0.5, 0.6) is 0 Å². The Morgan fingerprint density at radius 1 is 1.19 bits per heavy atom. The Bertz CT molecular complexity index is 552. The maximum atomic E-state index is 12.7. The monoisotopic (exact) mass is 288 g/mol. The Labute approximate surface area is 123 Å². The molecule has 2 aliphatic heterocycles. The molecule has 1 aromatic carbocycles. The molecule has 5 nitrogen and oxygen atoms in total. The first-order valence-electron chi connectivity index (χ1n) is 7.50. The Hall–Kier alpha value is -1.88. The molecule has 0 spiro atoms. The fraction of sp³-hybridized carbons (Fsp3) is 0.500. The number of aliphatic carboxylic acids is 1. The largest absolute Gasteiger partial charge is 0.480 e. The van der Waals surface area contributed by atoms with Crippen LogP contribution in [0.3, 0.4) is 0 Å². The minimum Gasteiger partial charge on any atom is -0.480 e. The molecule has 5 heteroatoms. The van der Waals surface area contributed by atoms with Gasteiger partial charge in [-0.2, -0.15) is 0 Å². The Kier molecular flexibility index (Phi) is 3.92. The van der Waals surface area contributed by atoms with Crippen LogP contribution < -0.4 is 5.32 Å². The quantitative estimate of drug-likeness (QED) is 0.857. The molecule has 1 aromatic rings. The van der Waals surface area contributed by atoms with Gasteiger partial charge in [0, 0.05) is 13.0 Å². The fourth-order valence-electron chi connectivity index (χ4n) is 3.24. The molecule has 3 rings (SSSR count). The second-order valence-electron chi connectivity index (χ2n) is 5.80. The van der Waals surface area contributed by atoms with Crippen molar-refractivity contribution < 1.29 is 14.7 Å². The first kappa shape index (κ1) is 14.1. The van der Waals surface area contributed by atoms with Crippen LogP contribution in [0.1, 0.15) is 30.4 Å². The third-order valence-corrected chi connectivity index (χ3v) is 4.43. The van der Waals surface area contributed by atoms with Gasteiger partial charge in [0.2, 0.25) is 5.91 Å². The lowest BCUT2D eigenvalue weighted by atomic mass is 9.92. The van der Waals surface area contributed by atoms with Crippen molar-refractivity contribution in [3.05, 3.63) is 35.4 Å². The lowest BCUT2D eigenvalue weighted by Crippen LogP contribution is -2.55. The van der Waals surface area contributed by atoms with Gasteiger partial charge in [-0.1, -0.05) is 30.7 Å². The fourth-order valence-corrected chi connectivity index (χ4v) is 3.24. The number of carbonyl (C=O) groups is 2. The van der Waals surface area contributed by atoms with Crippen molar-refractivity contribution in [3.8, 4) is 0 Å². The summed E-state index contributed by atoms with van der Waals surface area (Å²) in [6, 6.07) is 6.79. The van der Waals surface area contributed by atoms with Crippen LogP contribution in [0.2, 0.25) is 0 Å². The van der Waals surface area contributed by atoms with Gasteiger partial charge in [-0.3, -0.25) is 4.79 Å². The molecule has 0 bridgehead atoms. The van der Waals surface area contributed by atoms with Gasteiger partial charge >= 0.3 is 5.97 Å². The zero-order chi connectivity index (χ0) is 14.8. The van der Waals surface area contributed by atoms with Gasteiger partial charge in [-0.05, 0) is 30.5 Å². The number of rotatable bonds is 2. The van der Waals surface area contributed by atoms with Crippen LogP contribution in [-0.2, 0) is 22.6 Å². The molecule has 0 aliphatic carbocycles. The summed E-state index contributed by atoms with van der Waals surface area (Å²) in [4.78, 5) is 25.8. The minimum atomic E-state index is -0.923. The molecular weight excluding hydrogens is 268 g/mol. The van der Waals surface area contributed by atoms with E-state index in [0.29, 0.717) is 13.0 Å². The first-order valence-corrected chi connectivity index (χ1v) is 7.50. The number of hydrogen-bond donors (Lipinski definition) is 2. The number of nitrogens with zero attached hydrogens (tertiary/aromatic N) is 1. The lowest BCUT2D eigenvalue weighted by molar-refractivity contribution is -0.152. The van der Waals surface area contributed by atoms with E-state index in [-0.39, 0.29) is 11.9 Å². The average molecular weight is 288 g/mol. The predicted molar refractivity (Wildman–Crippen MR) is 77.8 cm³/mol. The highest BCUT2D eigenvalue weighted by atomic mass is 16.4. The van der Waals surface area contributed by atoms with Crippen molar-refractivity contribution in [1.29, 1.82) is 0 Å². The zero-order valence-electron chi connectivity index (χ0n) is 11.9. The molecule has 1 amide bonds. The molecule has 1 saturated heterocycles. The molecule has 0 saturated carbocycles. The molecule has 1 fully saturated rings. The predicted octanol–water partition coefficient (Wildman–Crippen LogP) is 1.17. The van der Waals surface area contributed by atoms with Crippen LogP contribution in [0.25, 0.3) is 0 Å². The summed E-state index contributed by atoms with van der Waals surface area (Å²) in [5.41, 5.74) is 2.09. The van der Waals surface area contributed by atoms with Crippen LogP contribution in [0, 0.1) is 0 Å². The smallest absolute Gasteiger partial charge is 0.326 e. The molecule has 2 N–H and O–H groups in total. The molecule has 2 atom stereocenters. The van der Waals surface area contributed by atoms with Gasteiger partial charge in [0.1, 0.15) is 6.04 Å². The van der Waals surface area contributed by atoms with Crippen LogP contribution in [0.4, 0.5) is 0 Å². The van der Waals surface area contributed by atoms with Crippen LogP contribution in [-0.4, -0.2) is 40.5 Å². The van der Waals surface area contributed by atoms with Gasteiger partial charge in [-0.25, -0.2) is 4.79 Å². The topological polar surface area (TPSA) is 69.6 Å². The normalized spacial score (nSPS) is 25.2. The number of carboxylic acids is 1. The van der Waals surface area contributed by atoms with Crippen molar-refractivity contribution in [1.82, 2.24) is 10.2 Å². The molecular formula is C16H20N2O3. The van der Waals surface area contributed by atoms with Crippen molar-refractivity contribution >= 4 is 11.9 Å². The number of fused-ring (bicyclic) bond motifs is 1. The summed E-state index contributed by atoms with van der Waals surface area (Å²) < 4.78 is 0. The zero-order valence-corrected chi connectivity index (χ0v) is 11.9. The third kappa shape index (κ3) is 2.78. The number of amides is 1. The number of carboxylic acid groups (broad SMARTS) is 1. The van der Waals surface area contributed by atoms with Crippen LogP contribution in [0.15, 0.2) is 24.3 Å². The minimum absolute atomic E-state index is 0.0726. The molecule has 21 heavy (non-hydrogen) atoms. The van der Waals surface area contributed by atoms with Crippen molar-refractivity contribution in [2.24, 2.45) is 0 Å². The molecule has 2 aliphatic rings. The van der Waals surface area contributed by atoms with Gasteiger partial charge in [0.15, 0.2) is 0 Å². The van der Waals surface area contributed by atoms with Crippen molar-refractivity contribution in [2.45, 2.75) is 44.3 Å². The summed E-state index contributed by atoms with van der Waals surface area (Å²) in [5.74, 6) is -0.995. The van der Waals surface area contributed by atoms with E-state index < -0.39 is 12.0 Å². The van der Waals surface area contributed by atoms with Gasteiger partial charge < -0.3 is 15.3 Å². The highest BCUT2D eigenvalue weighted by Crippen LogP contribution is 2.25. The van der Waals surface area contributed by atoms with Gasteiger partial charge in [0.25, 0.3) is 0 Å². The Balaban J connectivity index is 1.85. The Morgan fingerprint density at radius 3 is 2.62 bits per heavy atom. The first-order chi connectivity index (χ1) is 10.2. The standard InChI is InChI=1S/C16H20N2O3/c19-15(13-7-3-4-8-17-13)18-10-12-6-2-1-5-11(12)9-14(18)16(20)21/h1-2,5-6,13-14,17H,3-4,7-10H2,(H,20,21)/t13?,14-/m0/s1. The summed E-state index contributed by atoms with van der Waals surface area (Å²) >= 11 is 0. The van der Waals surface area contributed by atoms with Gasteiger partial charge in [0.05, 0.1) is 6.04 Å². The number of piperidine rings is 1. The highest BCUT2D eigenvalue weighted by molar-refractivity contribution is 5.87. The summed E-state index contributed by atoms with van der Waals surface area (Å²) in [6.07, 6.45) is 3.29. The second-order valence-corrected chi connectivity index (χ2v) is 5.80. The SMILES string of the molecule is O=C(O)[C@@H]1Cc2ccccc2CN1C(=O)C1CCCCN1. The van der Waals surface area contributed by atoms with E-state index in [1.807, 2.05) is 24.3 Å². The van der Waals surface area contributed by atoms with E-state index in [1.165, 1.54) is 4.90 Å². The van der Waals surface area contributed by atoms with E-state index in [2.05, 4.69) is 5.32 Å². The Morgan fingerprint density at radius 2 is 1.95 bits per heavy atom. The maximum absolute atomic E-state index is 12.7. The maximum Gasteiger partial charge on any atom is 0.326 e. The number of carbonyl (C=O) groups excluding carboxylic acids is 1. The second kappa shape index (κ2) is 5.85. The van der Waals surface area contributed by atoms with E-state index in [0.717, 1.165) is 36.9 Å². The number of benzene rings is 1. The summed E-state index contributed by atoms with van der Waals surface area (Å²) in [7, 11) is 0. The number of hydrogen-bond acceptors (Lipinski definition) is 3. The van der Waals surface area contributed by atoms with Crippen LogP contribution >= 0.6 is 0 Å². The van der Waals surface area contributed by atoms with Crippen molar-refractivity contribution in [2.75, 3.05) is 6.54 Å². The van der Waals surface area contributed by atoms with Crippen molar-refractivity contribution in [3.63, 3.8) is 0 Å². The third-order valence-electron chi connectivity index (χ3n) is 4.43. The molecule has 2 heterocycles. The summed E-state index contributed by atoms with van der Waals surface area (Å²) in [6.45, 7) is 1.22. The van der Waals surface area contributed by atoms with Gasteiger partial charge in [-0.15, -0.1) is 0 Å². The molecule has 0 aromatic heterocycles.